The molecule has 11 heavy (non-hydrogen) atoms. The maximum Gasteiger partial charge on any atom is 0.233 e. The molecule has 0 aliphatic carbocycles. The number of amides is 1. The molecule has 0 atom stereocenters. The number of hydrogen-bond donors (Lipinski definition) is 1. The maximum absolute atomic E-state index is 10.8. The van der Waals surface area contributed by atoms with Crippen molar-refractivity contribution in [2.24, 2.45) is 5.73 Å². The van der Waals surface area contributed by atoms with Gasteiger partial charge in [-0.05, 0) is 20.8 Å². The van der Waals surface area contributed by atoms with Crippen molar-refractivity contribution in [1.82, 2.24) is 0 Å². The quantitative estimate of drug-likeness (QED) is 0.656. The molecule has 64 valence electrons. The van der Waals surface area contributed by atoms with Gasteiger partial charge < -0.3 is 5.73 Å². The number of allylic oxidation sites excluding steroid dienone is 1. The van der Waals surface area contributed by atoms with E-state index < -0.39 is 4.75 Å². The summed E-state index contributed by atoms with van der Waals surface area (Å²) in [5.41, 5.74) is 5.17. The van der Waals surface area contributed by atoms with Gasteiger partial charge in [-0.15, -0.1) is 11.8 Å². The molecule has 1 amide bonds. The van der Waals surface area contributed by atoms with Crippen molar-refractivity contribution in [2.45, 2.75) is 25.5 Å². The molecule has 2 N–H and O–H groups in total. The molecule has 0 bridgehead atoms. The topological polar surface area (TPSA) is 43.1 Å². The van der Waals surface area contributed by atoms with Crippen molar-refractivity contribution >= 4 is 17.7 Å². The van der Waals surface area contributed by atoms with Gasteiger partial charge in [0.1, 0.15) is 0 Å². The third-order valence-corrected chi connectivity index (χ3v) is 2.65. The van der Waals surface area contributed by atoms with Crippen LogP contribution >= 0.6 is 11.8 Å². The molecule has 0 aromatic heterocycles. The molecule has 0 fully saturated rings. The Labute approximate surface area is 72.2 Å². The summed E-state index contributed by atoms with van der Waals surface area (Å²) in [6.07, 6.45) is 3.97. The molecule has 0 unspecified atom stereocenters. The SMILES string of the molecule is CC=CCSC(C)(C)C(N)=O. The lowest BCUT2D eigenvalue weighted by molar-refractivity contribution is -0.119. The number of hydrogen-bond acceptors (Lipinski definition) is 2. The average molecular weight is 173 g/mol. The van der Waals surface area contributed by atoms with E-state index in [9.17, 15) is 4.79 Å². The van der Waals surface area contributed by atoms with E-state index >= 15 is 0 Å². The lowest BCUT2D eigenvalue weighted by atomic mass is 10.2. The molecule has 0 saturated carbocycles. The van der Waals surface area contributed by atoms with Gasteiger partial charge in [0.05, 0.1) is 4.75 Å². The minimum absolute atomic E-state index is 0.257. The van der Waals surface area contributed by atoms with Gasteiger partial charge in [0.15, 0.2) is 0 Å². The van der Waals surface area contributed by atoms with Crippen LogP contribution in [0.25, 0.3) is 0 Å². The van der Waals surface area contributed by atoms with Crippen molar-refractivity contribution in [1.29, 1.82) is 0 Å². The highest BCUT2D eigenvalue weighted by Crippen LogP contribution is 2.23. The summed E-state index contributed by atoms with van der Waals surface area (Å²) < 4.78 is -0.445. The predicted molar refractivity (Wildman–Crippen MR) is 50.5 cm³/mol. The lowest BCUT2D eigenvalue weighted by Crippen LogP contribution is -2.34. The van der Waals surface area contributed by atoms with Crippen LogP contribution in [0.1, 0.15) is 20.8 Å². The number of nitrogens with two attached hydrogens (primary N) is 1. The van der Waals surface area contributed by atoms with Gasteiger partial charge in [-0.2, -0.15) is 0 Å². The van der Waals surface area contributed by atoms with E-state index in [1.165, 1.54) is 0 Å². The first kappa shape index (κ1) is 10.6. The minimum atomic E-state index is -0.445. The number of thioether (sulfide) groups is 1. The highest BCUT2D eigenvalue weighted by molar-refractivity contribution is 8.01. The Hall–Kier alpha value is -0.440. The minimum Gasteiger partial charge on any atom is -0.368 e. The molecule has 2 nitrogen and oxygen atoms in total. The predicted octanol–water partition coefficient (Wildman–Crippen LogP) is 1.56. The summed E-state index contributed by atoms with van der Waals surface area (Å²) in [5, 5.41) is 0. The van der Waals surface area contributed by atoms with Gasteiger partial charge >= 0.3 is 0 Å². The van der Waals surface area contributed by atoms with Gasteiger partial charge in [-0.1, -0.05) is 12.2 Å². The Morgan fingerprint density at radius 2 is 2.18 bits per heavy atom. The molecule has 0 heterocycles. The van der Waals surface area contributed by atoms with Crippen LogP contribution in [0.2, 0.25) is 0 Å². The van der Waals surface area contributed by atoms with E-state index in [-0.39, 0.29) is 5.91 Å². The summed E-state index contributed by atoms with van der Waals surface area (Å²) in [6.45, 7) is 5.63. The molecule has 0 aliphatic heterocycles. The summed E-state index contributed by atoms with van der Waals surface area (Å²) >= 11 is 1.55. The van der Waals surface area contributed by atoms with E-state index in [1.807, 2.05) is 32.9 Å². The summed E-state index contributed by atoms with van der Waals surface area (Å²) in [6, 6.07) is 0. The molecule has 0 aliphatic rings. The fourth-order valence-electron chi connectivity index (χ4n) is 0.424. The van der Waals surface area contributed by atoms with Crippen LogP contribution in [-0.2, 0) is 4.79 Å². The van der Waals surface area contributed by atoms with Crippen LogP contribution in [-0.4, -0.2) is 16.4 Å². The molecular weight excluding hydrogens is 158 g/mol. The Kier molecular flexibility index (Phi) is 4.26. The number of rotatable bonds is 4. The molecule has 0 aromatic rings. The summed E-state index contributed by atoms with van der Waals surface area (Å²) in [5.74, 6) is 0.582. The van der Waals surface area contributed by atoms with Crippen LogP contribution in [0.4, 0.5) is 0 Å². The fraction of sp³-hybridized carbons (Fsp3) is 0.625. The van der Waals surface area contributed by atoms with Crippen molar-refractivity contribution in [3.05, 3.63) is 12.2 Å². The van der Waals surface area contributed by atoms with Crippen molar-refractivity contribution in [3.63, 3.8) is 0 Å². The third-order valence-electron chi connectivity index (χ3n) is 1.37. The molecule has 0 spiro atoms. The highest BCUT2D eigenvalue weighted by atomic mass is 32.2. The van der Waals surface area contributed by atoms with Gasteiger partial charge in [-0.3, -0.25) is 4.79 Å². The van der Waals surface area contributed by atoms with E-state index in [0.717, 1.165) is 5.75 Å². The smallest absolute Gasteiger partial charge is 0.233 e. The Morgan fingerprint density at radius 1 is 1.64 bits per heavy atom. The van der Waals surface area contributed by atoms with E-state index in [4.69, 9.17) is 5.73 Å². The molecule has 0 rings (SSSR count). The van der Waals surface area contributed by atoms with Crippen LogP contribution in [0, 0.1) is 0 Å². The van der Waals surface area contributed by atoms with Crippen LogP contribution in [0.5, 0.6) is 0 Å². The largest absolute Gasteiger partial charge is 0.368 e. The molecule has 0 aromatic carbocycles. The number of carbonyl (C=O) groups excluding carboxylic acids is 1. The molecular formula is C8H15NOS. The fourth-order valence-corrected chi connectivity index (χ4v) is 1.27. The second-order valence-corrected chi connectivity index (χ2v) is 4.40. The monoisotopic (exact) mass is 173 g/mol. The second-order valence-electron chi connectivity index (χ2n) is 2.75. The standard InChI is InChI=1S/C8H15NOS/c1-4-5-6-11-8(2,3)7(9)10/h4-5H,6H2,1-3H3,(H2,9,10). The number of carbonyl (C=O) groups is 1. The Morgan fingerprint density at radius 3 is 2.55 bits per heavy atom. The third kappa shape index (κ3) is 4.09. The van der Waals surface area contributed by atoms with Crippen molar-refractivity contribution in [2.75, 3.05) is 5.75 Å². The first-order valence-corrected chi connectivity index (χ1v) is 4.54. The summed E-state index contributed by atoms with van der Waals surface area (Å²) in [7, 11) is 0. The van der Waals surface area contributed by atoms with Gasteiger partial charge in [0.2, 0.25) is 5.91 Å². The second kappa shape index (κ2) is 4.44. The van der Waals surface area contributed by atoms with Crippen molar-refractivity contribution < 1.29 is 4.79 Å². The highest BCUT2D eigenvalue weighted by Gasteiger charge is 2.24. The van der Waals surface area contributed by atoms with Gasteiger partial charge in [0.25, 0.3) is 0 Å². The zero-order valence-electron chi connectivity index (χ0n) is 7.26. The molecule has 0 saturated heterocycles. The lowest BCUT2D eigenvalue weighted by Gasteiger charge is -2.18. The van der Waals surface area contributed by atoms with E-state index in [0.29, 0.717) is 0 Å². The molecule has 3 heteroatoms. The number of primary amides is 1. The van der Waals surface area contributed by atoms with Gasteiger partial charge in [-0.25, -0.2) is 0 Å². The average Bonchev–Trinajstić information content (AvgIpc) is 1.88. The van der Waals surface area contributed by atoms with Crippen LogP contribution in [0.3, 0.4) is 0 Å². The summed E-state index contributed by atoms with van der Waals surface area (Å²) in [4.78, 5) is 10.8. The first-order valence-electron chi connectivity index (χ1n) is 3.55. The van der Waals surface area contributed by atoms with E-state index in [2.05, 4.69) is 0 Å². The maximum atomic E-state index is 10.8. The Balaban J connectivity index is 3.82. The zero-order valence-corrected chi connectivity index (χ0v) is 8.07. The molecule has 0 radical (unpaired) electrons. The van der Waals surface area contributed by atoms with Crippen LogP contribution < -0.4 is 5.73 Å². The Bertz CT molecular complexity index is 163. The van der Waals surface area contributed by atoms with E-state index in [1.54, 1.807) is 11.8 Å². The first-order chi connectivity index (χ1) is 5.00. The van der Waals surface area contributed by atoms with Gasteiger partial charge in [0, 0.05) is 5.75 Å². The zero-order chi connectivity index (χ0) is 8.91. The van der Waals surface area contributed by atoms with Crippen LogP contribution in [0.15, 0.2) is 12.2 Å². The normalized spacial score (nSPS) is 12.3. The van der Waals surface area contributed by atoms with Crippen molar-refractivity contribution in [3.8, 4) is 0 Å².